The summed E-state index contributed by atoms with van der Waals surface area (Å²) >= 11 is 0. The van der Waals surface area contributed by atoms with E-state index in [4.69, 9.17) is 0 Å². The quantitative estimate of drug-likeness (QED) is 0.308. The number of piperidine rings is 1. The number of rotatable bonds is 4. The number of aliphatic hydroxyl groups is 1. The summed E-state index contributed by atoms with van der Waals surface area (Å²) in [4.78, 5) is 49.1. The lowest BCUT2D eigenvalue weighted by Gasteiger charge is -2.33. The minimum Gasteiger partial charge on any atom is -0.376 e. The van der Waals surface area contributed by atoms with Crippen molar-refractivity contribution in [1.82, 2.24) is 33.8 Å². The number of hydrogen-bond donors (Lipinski definition) is 1. The van der Waals surface area contributed by atoms with Gasteiger partial charge in [0.2, 0.25) is 0 Å². The molecule has 2 unspecified atom stereocenters. The van der Waals surface area contributed by atoms with Gasteiger partial charge in [0.05, 0.1) is 46.4 Å². The van der Waals surface area contributed by atoms with Crippen LogP contribution in [0.15, 0.2) is 84.2 Å². The molecule has 0 bridgehead atoms. The minimum atomic E-state index is -1.54. The molecule has 1 N–H and O–H groups in total. The Kier molecular flexibility index (Phi) is 6.07. The number of carbonyl (C=O) groups excluding carboxylic acids is 2. The van der Waals surface area contributed by atoms with E-state index in [0.717, 1.165) is 55.6 Å². The molecule has 1 amide bonds. The molecule has 4 aromatic heterocycles. The van der Waals surface area contributed by atoms with Gasteiger partial charge < -0.3 is 10.0 Å². The second-order valence-electron chi connectivity index (χ2n) is 11.9. The molecule has 11 nitrogen and oxygen atoms in total. The lowest BCUT2D eigenvalue weighted by molar-refractivity contribution is -0.137. The van der Waals surface area contributed by atoms with E-state index >= 15 is 0 Å². The fraction of sp³-hybridized carbons (Fsp3) is 0.235. The van der Waals surface area contributed by atoms with Gasteiger partial charge in [-0.1, -0.05) is 18.2 Å². The Morgan fingerprint density at radius 1 is 0.889 bits per heavy atom. The second-order valence-corrected chi connectivity index (χ2v) is 11.9. The Bertz CT molecular complexity index is 2230. The van der Waals surface area contributed by atoms with Crippen LogP contribution in [0.1, 0.15) is 24.3 Å². The zero-order chi connectivity index (χ0) is 31.0. The summed E-state index contributed by atoms with van der Waals surface area (Å²) < 4.78 is 5.08. The van der Waals surface area contributed by atoms with Gasteiger partial charge in [0.25, 0.3) is 5.91 Å². The predicted octanol–water partition coefficient (Wildman–Crippen LogP) is 3.36. The Morgan fingerprint density at radius 2 is 1.69 bits per heavy atom. The Balaban J connectivity index is 1.19. The van der Waals surface area contributed by atoms with Crippen LogP contribution in [-0.2, 0) is 23.7 Å². The van der Waals surface area contributed by atoms with Crippen LogP contribution in [-0.4, -0.2) is 69.3 Å². The number of aryl methyl sites for hydroxylation is 2. The van der Waals surface area contributed by atoms with Crippen LogP contribution in [0, 0.1) is 0 Å². The monoisotopic (exact) mass is 599 g/mol. The highest BCUT2D eigenvalue weighted by Crippen LogP contribution is 2.36. The van der Waals surface area contributed by atoms with E-state index in [9.17, 15) is 19.5 Å². The van der Waals surface area contributed by atoms with Crippen molar-refractivity contribution < 1.29 is 14.7 Å². The maximum absolute atomic E-state index is 13.7. The highest BCUT2D eigenvalue weighted by Gasteiger charge is 2.48. The molecule has 11 heteroatoms. The number of ketones is 1. The van der Waals surface area contributed by atoms with Crippen molar-refractivity contribution >= 4 is 33.6 Å². The molecule has 2 aromatic carbocycles. The van der Waals surface area contributed by atoms with E-state index in [-0.39, 0.29) is 11.6 Å². The van der Waals surface area contributed by atoms with Gasteiger partial charge in [0, 0.05) is 44.0 Å². The molecule has 2 aliphatic rings. The van der Waals surface area contributed by atoms with Crippen molar-refractivity contribution in [2.45, 2.75) is 30.9 Å². The standard InChI is InChI=1S/C34H29N7O4/c1-38-18-23(16-37-38)27-14-21(9-11-35-27)20-5-8-26-25(13-20)30-29(17-36-26)39(2)34(45)41(30)24-6-3-19(4-7-24)22-10-12-40-28(15-22)31(42)32(43)33(40)44/h3-9,11,13-14,16-18,22,28,32,43H,10,12,15H2,1-2H3/t22?,28?,32-/m0/s1. The molecule has 2 aliphatic heterocycles. The zero-order valence-electron chi connectivity index (χ0n) is 24.7. The highest BCUT2D eigenvalue weighted by molar-refractivity contribution is 6.13. The van der Waals surface area contributed by atoms with Gasteiger partial charge in [0.15, 0.2) is 11.9 Å². The van der Waals surface area contributed by atoms with Gasteiger partial charge >= 0.3 is 5.69 Å². The first-order valence-electron chi connectivity index (χ1n) is 14.9. The molecule has 3 atom stereocenters. The molecule has 0 spiro atoms. The molecule has 224 valence electrons. The molecule has 2 saturated heterocycles. The summed E-state index contributed by atoms with van der Waals surface area (Å²) in [5.41, 5.74) is 7.52. The number of imidazole rings is 1. The molecule has 0 radical (unpaired) electrons. The van der Waals surface area contributed by atoms with E-state index in [0.29, 0.717) is 19.4 Å². The van der Waals surface area contributed by atoms with E-state index in [2.05, 4.69) is 21.1 Å². The molecule has 0 aliphatic carbocycles. The number of amides is 1. The summed E-state index contributed by atoms with van der Waals surface area (Å²) in [6.45, 7) is 0.435. The van der Waals surface area contributed by atoms with Gasteiger partial charge in [-0.25, -0.2) is 4.79 Å². The Morgan fingerprint density at radius 3 is 2.47 bits per heavy atom. The van der Waals surface area contributed by atoms with Crippen LogP contribution in [0.3, 0.4) is 0 Å². The summed E-state index contributed by atoms with van der Waals surface area (Å²) in [5, 5.41) is 15.1. The summed E-state index contributed by atoms with van der Waals surface area (Å²) in [5.74, 6) is -0.837. The normalized spacial score (nSPS) is 20.0. The van der Waals surface area contributed by atoms with E-state index in [1.165, 1.54) is 4.90 Å². The first kappa shape index (κ1) is 27.2. The van der Waals surface area contributed by atoms with Crippen molar-refractivity contribution in [3.8, 4) is 28.1 Å². The van der Waals surface area contributed by atoms with Gasteiger partial charge in [-0.05, 0) is 71.8 Å². The third kappa shape index (κ3) is 4.22. The Labute approximate surface area is 257 Å². The molecule has 6 aromatic rings. The number of aliphatic hydroxyl groups excluding tert-OH is 1. The van der Waals surface area contributed by atoms with Crippen LogP contribution >= 0.6 is 0 Å². The van der Waals surface area contributed by atoms with Gasteiger partial charge in [-0.2, -0.15) is 5.10 Å². The van der Waals surface area contributed by atoms with Crippen molar-refractivity contribution in [2.24, 2.45) is 14.1 Å². The van der Waals surface area contributed by atoms with Crippen molar-refractivity contribution in [2.75, 3.05) is 6.54 Å². The van der Waals surface area contributed by atoms with E-state index in [1.807, 2.05) is 61.8 Å². The number of hydrogen-bond acceptors (Lipinski definition) is 7. The summed E-state index contributed by atoms with van der Waals surface area (Å²) in [6.07, 6.45) is 6.87. The lowest BCUT2D eigenvalue weighted by Crippen LogP contribution is -2.42. The number of fused-ring (bicyclic) bond motifs is 4. The van der Waals surface area contributed by atoms with E-state index in [1.54, 1.807) is 39.5 Å². The van der Waals surface area contributed by atoms with Crippen LogP contribution in [0.2, 0.25) is 0 Å². The smallest absolute Gasteiger partial charge is 0.333 e. The first-order chi connectivity index (χ1) is 21.8. The number of Topliss-reactive ketones (excluding diaryl/α,β-unsaturated/α-hetero) is 1. The summed E-state index contributed by atoms with van der Waals surface area (Å²) in [6, 6.07) is 17.3. The van der Waals surface area contributed by atoms with Gasteiger partial charge in [0.1, 0.15) is 0 Å². The second kappa shape index (κ2) is 10.1. The third-order valence-electron chi connectivity index (χ3n) is 9.32. The van der Waals surface area contributed by atoms with Crippen molar-refractivity contribution in [1.29, 1.82) is 0 Å². The van der Waals surface area contributed by atoms with Crippen LogP contribution in [0.5, 0.6) is 0 Å². The zero-order valence-corrected chi connectivity index (χ0v) is 24.7. The van der Waals surface area contributed by atoms with Crippen LogP contribution in [0.25, 0.3) is 50.0 Å². The maximum Gasteiger partial charge on any atom is 0.333 e. The molecule has 6 heterocycles. The predicted molar refractivity (Wildman–Crippen MR) is 168 cm³/mol. The number of benzene rings is 2. The summed E-state index contributed by atoms with van der Waals surface area (Å²) in [7, 11) is 3.62. The largest absolute Gasteiger partial charge is 0.376 e. The molecular weight excluding hydrogens is 570 g/mol. The fourth-order valence-electron chi connectivity index (χ4n) is 6.90. The van der Waals surface area contributed by atoms with Crippen LogP contribution in [0.4, 0.5) is 0 Å². The number of aromatic nitrogens is 6. The average molecular weight is 600 g/mol. The fourth-order valence-corrected chi connectivity index (χ4v) is 6.90. The molecular formula is C34H29N7O4. The topological polar surface area (TPSA) is 128 Å². The SMILES string of the molecule is Cn1cc(-c2cc(-c3ccc4ncc5c(c4c3)n(-c3ccc(C4CCN6C(=O)[C@@H](O)C(=O)C6C4)cc3)c(=O)n5C)ccn2)cn1. The number of carbonyl (C=O) groups is 2. The van der Waals surface area contributed by atoms with Crippen molar-refractivity contribution in [3.05, 3.63) is 95.4 Å². The minimum absolute atomic E-state index is 0.0658. The highest BCUT2D eigenvalue weighted by atomic mass is 16.3. The van der Waals surface area contributed by atoms with Crippen LogP contribution < -0.4 is 5.69 Å². The average Bonchev–Trinajstić information content (AvgIpc) is 3.69. The number of pyridine rings is 2. The number of nitrogens with zero attached hydrogens (tertiary/aromatic N) is 7. The molecule has 2 fully saturated rings. The van der Waals surface area contributed by atoms with Crippen molar-refractivity contribution in [3.63, 3.8) is 0 Å². The maximum atomic E-state index is 13.7. The lowest BCUT2D eigenvalue weighted by atomic mass is 9.85. The first-order valence-corrected chi connectivity index (χ1v) is 14.9. The molecule has 45 heavy (non-hydrogen) atoms. The molecule has 8 rings (SSSR count). The van der Waals surface area contributed by atoms with E-state index < -0.39 is 23.8 Å². The molecule has 0 saturated carbocycles. The third-order valence-corrected chi connectivity index (χ3v) is 9.32. The van der Waals surface area contributed by atoms with Gasteiger partial charge in [-0.3, -0.25) is 33.4 Å². The Hall–Kier alpha value is -5.42. The van der Waals surface area contributed by atoms with Gasteiger partial charge in [-0.15, -0.1) is 0 Å².